The summed E-state index contributed by atoms with van der Waals surface area (Å²) in [6.45, 7) is 2.00. The van der Waals surface area contributed by atoms with Crippen molar-refractivity contribution in [2.24, 2.45) is 5.73 Å². The molecule has 2 aromatic rings. The Kier molecular flexibility index (Phi) is 3.73. The van der Waals surface area contributed by atoms with Gasteiger partial charge >= 0.3 is 0 Å². The molecule has 1 aromatic carbocycles. The Morgan fingerprint density at radius 1 is 1.18 bits per heavy atom. The Bertz CT molecular complexity index is 451. The maximum absolute atomic E-state index is 5.75. The fourth-order valence-electron chi connectivity index (χ4n) is 1.61. The second-order valence-electron chi connectivity index (χ2n) is 4.12. The number of nitrogens with zero attached hydrogens (tertiary/aromatic N) is 1. The van der Waals surface area contributed by atoms with Gasteiger partial charge in [0.2, 0.25) is 0 Å². The first kappa shape index (κ1) is 11.6. The van der Waals surface area contributed by atoms with Gasteiger partial charge in [0.05, 0.1) is 6.20 Å². The molecule has 0 aliphatic carbocycles. The minimum Gasteiger partial charge on any atom is -0.456 e. The number of rotatable bonds is 4. The summed E-state index contributed by atoms with van der Waals surface area (Å²) in [5, 5.41) is 0. The van der Waals surface area contributed by atoms with Crippen LogP contribution in [-0.2, 0) is 6.42 Å². The largest absolute Gasteiger partial charge is 0.456 e. The van der Waals surface area contributed by atoms with Crippen LogP contribution in [0.5, 0.6) is 11.5 Å². The molecule has 0 amide bonds. The Labute approximate surface area is 101 Å². The van der Waals surface area contributed by atoms with Crippen LogP contribution in [0.1, 0.15) is 12.5 Å². The second kappa shape index (κ2) is 5.46. The van der Waals surface area contributed by atoms with Crippen molar-refractivity contribution in [3.63, 3.8) is 0 Å². The molecule has 0 aliphatic rings. The summed E-state index contributed by atoms with van der Waals surface area (Å²) in [4.78, 5) is 4.00. The minimum atomic E-state index is 0.181. The van der Waals surface area contributed by atoms with Gasteiger partial charge in [0.1, 0.15) is 11.5 Å². The highest BCUT2D eigenvalue weighted by molar-refractivity contribution is 5.32. The Morgan fingerprint density at radius 2 is 1.94 bits per heavy atom. The highest BCUT2D eigenvalue weighted by atomic mass is 16.5. The Balaban J connectivity index is 2.03. The van der Waals surface area contributed by atoms with Gasteiger partial charge in [-0.3, -0.25) is 4.98 Å². The number of aromatic nitrogens is 1. The van der Waals surface area contributed by atoms with E-state index in [-0.39, 0.29) is 6.04 Å². The van der Waals surface area contributed by atoms with Crippen molar-refractivity contribution in [3.05, 3.63) is 54.4 Å². The van der Waals surface area contributed by atoms with Crippen molar-refractivity contribution < 1.29 is 4.74 Å². The second-order valence-corrected chi connectivity index (χ2v) is 4.12. The van der Waals surface area contributed by atoms with Crippen molar-refractivity contribution in [2.45, 2.75) is 19.4 Å². The monoisotopic (exact) mass is 228 g/mol. The van der Waals surface area contributed by atoms with E-state index in [1.807, 2.05) is 43.3 Å². The molecule has 0 saturated heterocycles. The molecule has 3 heteroatoms. The zero-order valence-corrected chi connectivity index (χ0v) is 9.84. The number of hydrogen-bond donors (Lipinski definition) is 1. The first-order valence-corrected chi connectivity index (χ1v) is 5.66. The van der Waals surface area contributed by atoms with Crippen molar-refractivity contribution in [3.8, 4) is 11.5 Å². The molecule has 0 bridgehead atoms. The summed E-state index contributed by atoms with van der Waals surface area (Å²) < 4.78 is 5.64. The lowest BCUT2D eigenvalue weighted by molar-refractivity contribution is 0.480. The van der Waals surface area contributed by atoms with Crippen molar-refractivity contribution in [1.82, 2.24) is 4.98 Å². The maximum atomic E-state index is 5.75. The molecule has 0 aliphatic heterocycles. The fourth-order valence-corrected chi connectivity index (χ4v) is 1.61. The lowest BCUT2D eigenvalue weighted by atomic mass is 10.1. The molecule has 0 fully saturated rings. The zero-order valence-electron chi connectivity index (χ0n) is 9.84. The molecule has 1 atom stereocenters. The van der Waals surface area contributed by atoms with E-state index in [0.29, 0.717) is 0 Å². The van der Waals surface area contributed by atoms with Crippen molar-refractivity contribution in [2.75, 3.05) is 0 Å². The number of benzene rings is 1. The highest BCUT2D eigenvalue weighted by Crippen LogP contribution is 2.20. The maximum Gasteiger partial charge on any atom is 0.145 e. The van der Waals surface area contributed by atoms with Crippen LogP contribution >= 0.6 is 0 Å². The van der Waals surface area contributed by atoms with Crippen molar-refractivity contribution in [1.29, 1.82) is 0 Å². The first-order valence-electron chi connectivity index (χ1n) is 5.66. The van der Waals surface area contributed by atoms with Gasteiger partial charge in [-0.2, -0.15) is 0 Å². The first-order chi connectivity index (χ1) is 8.24. The summed E-state index contributed by atoms with van der Waals surface area (Å²) in [5.41, 5.74) is 6.97. The standard InChI is InChI=1S/C14H16N2O/c1-11(15)9-12-4-6-13(7-5-12)17-14-3-2-8-16-10-14/h2-8,10-11H,9,15H2,1H3. The number of hydrogen-bond acceptors (Lipinski definition) is 3. The third kappa shape index (κ3) is 3.57. The van der Waals surface area contributed by atoms with Gasteiger partial charge in [-0.25, -0.2) is 0 Å². The fraction of sp³-hybridized carbons (Fsp3) is 0.214. The molecule has 2 N–H and O–H groups in total. The van der Waals surface area contributed by atoms with E-state index in [9.17, 15) is 0 Å². The van der Waals surface area contributed by atoms with Gasteiger partial charge < -0.3 is 10.5 Å². The van der Waals surface area contributed by atoms with Crippen LogP contribution in [0, 0.1) is 0 Å². The molecule has 0 radical (unpaired) electrons. The van der Waals surface area contributed by atoms with Crippen molar-refractivity contribution >= 4 is 0 Å². The Hall–Kier alpha value is -1.87. The van der Waals surface area contributed by atoms with E-state index in [2.05, 4.69) is 4.98 Å². The van der Waals surface area contributed by atoms with Crippen LogP contribution in [0.25, 0.3) is 0 Å². The molecule has 0 saturated carbocycles. The van der Waals surface area contributed by atoms with Gasteiger partial charge in [0.15, 0.2) is 0 Å². The van der Waals surface area contributed by atoms with Gasteiger partial charge in [-0.1, -0.05) is 12.1 Å². The quantitative estimate of drug-likeness (QED) is 0.875. The average Bonchev–Trinajstić information content (AvgIpc) is 2.32. The smallest absolute Gasteiger partial charge is 0.145 e. The summed E-state index contributed by atoms with van der Waals surface area (Å²) >= 11 is 0. The van der Waals surface area contributed by atoms with E-state index in [4.69, 9.17) is 10.5 Å². The third-order valence-corrected chi connectivity index (χ3v) is 2.35. The number of nitrogens with two attached hydrogens (primary N) is 1. The molecule has 1 heterocycles. The predicted molar refractivity (Wildman–Crippen MR) is 68.1 cm³/mol. The van der Waals surface area contributed by atoms with E-state index in [0.717, 1.165) is 17.9 Å². The number of ether oxygens (including phenoxy) is 1. The van der Waals surface area contributed by atoms with Gasteiger partial charge in [0.25, 0.3) is 0 Å². The molecule has 2 rings (SSSR count). The van der Waals surface area contributed by atoms with Crippen LogP contribution in [0.2, 0.25) is 0 Å². The van der Waals surface area contributed by atoms with E-state index >= 15 is 0 Å². The summed E-state index contributed by atoms with van der Waals surface area (Å²) in [5.74, 6) is 1.55. The lowest BCUT2D eigenvalue weighted by Crippen LogP contribution is -2.17. The lowest BCUT2D eigenvalue weighted by Gasteiger charge is -2.07. The minimum absolute atomic E-state index is 0.181. The highest BCUT2D eigenvalue weighted by Gasteiger charge is 2.00. The van der Waals surface area contributed by atoms with Gasteiger partial charge in [-0.15, -0.1) is 0 Å². The Morgan fingerprint density at radius 3 is 2.53 bits per heavy atom. The van der Waals surface area contributed by atoms with Crippen LogP contribution in [0.4, 0.5) is 0 Å². The number of pyridine rings is 1. The predicted octanol–water partition coefficient (Wildman–Crippen LogP) is 2.76. The van der Waals surface area contributed by atoms with E-state index in [1.54, 1.807) is 12.4 Å². The molecule has 17 heavy (non-hydrogen) atoms. The topological polar surface area (TPSA) is 48.1 Å². The van der Waals surface area contributed by atoms with Crippen LogP contribution in [-0.4, -0.2) is 11.0 Å². The van der Waals surface area contributed by atoms with Crippen LogP contribution in [0.15, 0.2) is 48.8 Å². The molecule has 3 nitrogen and oxygen atoms in total. The van der Waals surface area contributed by atoms with Gasteiger partial charge in [-0.05, 0) is 43.2 Å². The normalized spacial score (nSPS) is 12.1. The molecule has 1 aromatic heterocycles. The molecular formula is C14H16N2O. The van der Waals surface area contributed by atoms with Crippen LogP contribution in [0.3, 0.4) is 0 Å². The molecule has 0 spiro atoms. The molecule has 1 unspecified atom stereocenters. The van der Waals surface area contributed by atoms with E-state index < -0.39 is 0 Å². The molecule has 88 valence electrons. The summed E-state index contributed by atoms with van der Waals surface area (Å²) in [7, 11) is 0. The summed E-state index contributed by atoms with van der Waals surface area (Å²) in [6, 6.07) is 11.9. The average molecular weight is 228 g/mol. The van der Waals surface area contributed by atoms with Gasteiger partial charge in [0, 0.05) is 12.2 Å². The summed E-state index contributed by atoms with van der Waals surface area (Å²) in [6.07, 6.45) is 4.29. The SMILES string of the molecule is CC(N)Cc1ccc(Oc2cccnc2)cc1. The zero-order chi connectivity index (χ0) is 12.1. The van der Waals surface area contributed by atoms with Crippen LogP contribution < -0.4 is 10.5 Å². The third-order valence-electron chi connectivity index (χ3n) is 2.35. The molecular weight excluding hydrogens is 212 g/mol. The van der Waals surface area contributed by atoms with E-state index in [1.165, 1.54) is 5.56 Å².